The van der Waals surface area contributed by atoms with Gasteiger partial charge >= 0.3 is 0 Å². The summed E-state index contributed by atoms with van der Waals surface area (Å²) >= 11 is 1.22. The smallest absolute Gasteiger partial charge is 0.277 e. The third kappa shape index (κ3) is 6.09. The third-order valence-electron chi connectivity index (χ3n) is 4.67. The molecule has 0 fully saturated rings. The summed E-state index contributed by atoms with van der Waals surface area (Å²) < 4.78 is 10.8. The highest BCUT2D eigenvalue weighted by atomic mass is 32.2. The van der Waals surface area contributed by atoms with Crippen LogP contribution in [0.15, 0.2) is 58.2 Å². The minimum absolute atomic E-state index is 0.110. The second-order valence-corrected chi connectivity index (χ2v) is 7.68. The summed E-state index contributed by atoms with van der Waals surface area (Å²) in [5, 5.41) is 11.3. The van der Waals surface area contributed by atoms with Crippen molar-refractivity contribution < 1.29 is 13.9 Å². The molecule has 3 aromatic rings. The number of aromatic nitrogens is 2. The van der Waals surface area contributed by atoms with Crippen LogP contribution in [0, 0.1) is 0 Å². The Morgan fingerprint density at radius 2 is 1.86 bits per heavy atom. The van der Waals surface area contributed by atoms with Gasteiger partial charge in [-0.3, -0.25) is 4.79 Å². The van der Waals surface area contributed by atoms with Gasteiger partial charge < -0.3 is 14.5 Å². The molecule has 1 N–H and O–H groups in total. The fourth-order valence-corrected chi connectivity index (χ4v) is 3.32. The lowest BCUT2D eigenvalue weighted by molar-refractivity contribution is -0.113. The summed E-state index contributed by atoms with van der Waals surface area (Å²) in [6.07, 6.45) is 1.62. The Balaban J connectivity index is 1.47. The van der Waals surface area contributed by atoms with Gasteiger partial charge in [-0.05, 0) is 47.7 Å². The average Bonchev–Trinajstić information content (AvgIpc) is 3.20. The van der Waals surface area contributed by atoms with E-state index in [-0.39, 0.29) is 11.7 Å². The van der Waals surface area contributed by atoms with Crippen molar-refractivity contribution in [3.8, 4) is 5.75 Å². The molecule has 0 saturated heterocycles. The second-order valence-electron chi connectivity index (χ2n) is 6.75. The molecular formula is C22H25N3O3S. The lowest BCUT2D eigenvalue weighted by atomic mass is 9.99. The molecule has 0 unspecified atom stereocenters. The van der Waals surface area contributed by atoms with E-state index in [2.05, 4.69) is 41.5 Å². The molecule has 2 aromatic carbocycles. The van der Waals surface area contributed by atoms with Gasteiger partial charge in [-0.25, -0.2) is 0 Å². The van der Waals surface area contributed by atoms with E-state index < -0.39 is 0 Å². The fraction of sp³-hybridized carbons (Fsp3) is 0.318. The molecule has 1 atom stereocenters. The molecule has 6 nitrogen and oxygen atoms in total. The molecule has 7 heteroatoms. The Morgan fingerprint density at radius 3 is 2.52 bits per heavy atom. The van der Waals surface area contributed by atoms with Gasteiger partial charge in [0.15, 0.2) is 0 Å². The number of carbonyl (C=O) groups is 1. The van der Waals surface area contributed by atoms with E-state index in [1.165, 1.54) is 17.3 Å². The number of hydrogen-bond acceptors (Lipinski definition) is 6. The van der Waals surface area contributed by atoms with Gasteiger partial charge in [0.05, 0.1) is 19.3 Å². The third-order valence-corrected chi connectivity index (χ3v) is 5.48. The van der Waals surface area contributed by atoms with E-state index in [1.54, 1.807) is 7.11 Å². The first-order valence-corrected chi connectivity index (χ1v) is 10.5. The van der Waals surface area contributed by atoms with Crippen LogP contribution in [-0.2, 0) is 11.2 Å². The number of hydrogen-bond donors (Lipinski definition) is 1. The van der Waals surface area contributed by atoms with Gasteiger partial charge in [-0.1, -0.05) is 49.9 Å². The minimum atomic E-state index is -0.110. The van der Waals surface area contributed by atoms with Crippen LogP contribution in [0.3, 0.4) is 0 Å². The van der Waals surface area contributed by atoms with E-state index in [0.717, 1.165) is 23.4 Å². The van der Waals surface area contributed by atoms with E-state index in [9.17, 15) is 4.79 Å². The molecule has 0 saturated carbocycles. The number of nitrogens with one attached hydrogen (secondary N) is 1. The lowest BCUT2D eigenvalue weighted by Crippen LogP contribution is -2.14. The van der Waals surface area contributed by atoms with Crippen molar-refractivity contribution in [3.05, 3.63) is 65.5 Å². The lowest BCUT2D eigenvalue weighted by Gasteiger charge is -2.10. The van der Waals surface area contributed by atoms with Crippen molar-refractivity contribution in [1.82, 2.24) is 10.2 Å². The highest BCUT2D eigenvalue weighted by molar-refractivity contribution is 7.99. The van der Waals surface area contributed by atoms with E-state index in [1.807, 2.05) is 36.4 Å². The summed E-state index contributed by atoms with van der Waals surface area (Å²) in [5.41, 5.74) is 3.10. The normalized spacial score (nSPS) is 11.8. The van der Waals surface area contributed by atoms with Crippen molar-refractivity contribution in [2.45, 2.75) is 37.8 Å². The first-order valence-electron chi connectivity index (χ1n) is 9.55. The van der Waals surface area contributed by atoms with Crippen LogP contribution in [0.25, 0.3) is 0 Å². The van der Waals surface area contributed by atoms with Gasteiger partial charge in [0.1, 0.15) is 5.75 Å². The van der Waals surface area contributed by atoms with Gasteiger partial charge in [-0.2, -0.15) is 0 Å². The van der Waals surface area contributed by atoms with Gasteiger partial charge in [0, 0.05) is 5.69 Å². The molecule has 29 heavy (non-hydrogen) atoms. The first kappa shape index (κ1) is 20.9. The predicted octanol–water partition coefficient (Wildman–Crippen LogP) is 4.91. The number of amides is 1. The maximum atomic E-state index is 12.2. The van der Waals surface area contributed by atoms with Crippen molar-refractivity contribution in [1.29, 1.82) is 0 Å². The summed E-state index contributed by atoms with van der Waals surface area (Å²) in [6, 6.07) is 15.7. The van der Waals surface area contributed by atoms with Gasteiger partial charge in [-0.15, -0.1) is 10.2 Å². The Morgan fingerprint density at radius 1 is 1.14 bits per heavy atom. The molecule has 152 valence electrons. The van der Waals surface area contributed by atoms with Crippen molar-refractivity contribution in [3.63, 3.8) is 0 Å². The number of ether oxygens (including phenoxy) is 1. The molecule has 1 amide bonds. The number of nitrogens with zero attached hydrogens (tertiary/aromatic N) is 2. The number of anilines is 1. The topological polar surface area (TPSA) is 77.2 Å². The molecule has 0 aliphatic carbocycles. The summed E-state index contributed by atoms with van der Waals surface area (Å²) in [7, 11) is 1.63. The fourth-order valence-electron chi connectivity index (χ4n) is 2.74. The molecule has 0 aliphatic heterocycles. The van der Waals surface area contributed by atoms with Crippen LogP contribution >= 0.6 is 11.8 Å². The predicted molar refractivity (Wildman–Crippen MR) is 115 cm³/mol. The maximum Gasteiger partial charge on any atom is 0.277 e. The van der Waals surface area contributed by atoms with E-state index in [4.69, 9.17) is 9.15 Å². The van der Waals surface area contributed by atoms with Crippen molar-refractivity contribution in [2.75, 3.05) is 18.2 Å². The second kappa shape index (κ2) is 10.1. The molecule has 0 aliphatic rings. The Hall–Kier alpha value is -2.80. The molecule has 0 bridgehead atoms. The summed E-state index contributed by atoms with van der Waals surface area (Å²) in [4.78, 5) is 12.2. The zero-order chi connectivity index (χ0) is 20.6. The van der Waals surface area contributed by atoms with Crippen LogP contribution in [0.1, 0.15) is 43.2 Å². The number of carbonyl (C=O) groups excluding carboxylic acids is 1. The highest BCUT2D eigenvalue weighted by Gasteiger charge is 2.11. The monoisotopic (exact) mass is 411 g/mol. The average molecular weight is 412 g/mol. The van der Waals surface area contributed by atoms with Crippen LogP contribution in [0.2, 0.25) is 0 Å². The minimum Gasteiger partial charge on any atom is -0.497 e. The maximum absolute atomic E-state index is 12.2. The zero-order valence-electron chi connectivity index (χ0n) is 16.8. The Labute approximate surface area is 175 Å². The highest BCUT2D eigenvalue weighted by Crippen LogP contribution is 2.22. The number of thioether (sulfide) groups is 1. The molecule has 1 heterocycles. The van der Waals surface area contributed by atoms with E-state index >= 15 is 0 Å². The molecule has 1 aromatic heterocycles. The quantitative estimate of drug-likeness (QED) is 0.504. The van der Waals surface area contributed by atoms with Gasteiger partial charge in [0.2, 0.25) is 11.8 Å². The number of rotatable bonds is 9. The van der Waals surface area contributed by atoms with Crippen LogP contribution in [0.4, 0.5) is 5.69 Å². The van der Waals surface area contributed by atoms with Crippen molar-refractivity contribution >= 4 is 23.4 Å². The van der Waals surface area contributed by atoms with Crippen LogP contribution in [-0.4, -0.2) is 29.0 Å². The first-order chi connectivity index (χ1) is 14.1. The van der Waals surface area contributed by atoms with Crippen molar-refractivity contribution in [2.24, 2.45) is 0 Å². The van der Waals surface area contributed by atoms with Crippen LogP contribution < -0.4 is 10.1 Å². The zero-order valence-corrected chi connectivity index (χ0v) is 17.7. The Bertz CT molecular complexity index is 923. The van der Waals surface area contributed by atoms with Gasteiger partial charge in [0.25, 0.3) is 5.22 Å². The Kier molecular flexibility index (Phi) is 7.30. The summed E-state index contributed by atoms with van der Waals surface area (Å²) in [6.45, 7) is 4.36. The molecular weight excluding hydrogens is 386 g/mol. The molecule has 3 rings (SSSR count). The number of benzene rings is 2. The standard InChI is InChI=1S/C22H25N3O3S/c1-4-15(2)17-7-9-18(10-8-17)23-20(26)14-29-22-25-24-21(28-22)13-16-5-11-19(27-3)12-6-16/h5-12,15H,4,13-14H2,1-3H3,(H,23,26)/t15-/m1/s1. The summed E-state index contributed by atoms with van der Waals surface area (Å²) in [5.74, 6) is 1.92. The largest absolute Gasteiger partial charge is 0.497 e. The molecule has 0 radical (unpaired) electrons. The number of methoxy groups -OCH3 is 1. The SMILES string of the molecule is CC[C@@H](C)c1ccc(NC(=O)CSc2nnc(Cc3ccc(OC)cc3)o2)cc1. The molecule has 0 spiro atoms. The van der Waals surface area contributed by atoms with Crippen LogP contribution in [0.5, 0.6) is 5.75 Å². The van der Waals surface area contributed by atoms with E-state index in [0.29, 0.717) is 23.5 Å².